The van der Waals surface area contributed by atoms with E-state index in [1.807, 2.05) is 55.5 Å². The Morgan fingerprint density at radius 2 is 1.84 bits per heavy atom. The second-order valence-electron chi connectivity index (χ2n) is 9.95. The Bertz CT molecular complexity index is 847. The number of Topliss-reactive ketones (excluding diaryl/α,β-unsaturated/α-hetero) is 1. The van der Waals surface area contributed by atoms with Crippen molar-refractivity contribution in [2.75, 3.05) is 13.2 Å². The lowest BCUT2D eigenvalue weighted by Crippen LogP contribution is -2.31. The maximum Gasteiger partial charge on any atom is 0.313 e. The molecule has 7 heteroatoms. The Morgan fingerprint density at radius 1 is 1.11 bits per heavy atom. The summed E-state index contributed by atoms with van der Waals surface area (Å²) in [5, 5.41) is 39.9. The van der Waals surface area contributed by atoms with Crippen molar-refractivity contribution in [3.05, 3.63) is 60.2 Å². The van der Waals surface area contributed by atoms with Gasteiger partial charge in [0.2, 0.25) is 0 Å². The lowest BCUT2D eigenvalue weighted by molar-refractivity contribution is -0.159. The molecular formula is C30H44O7. The van der Waals surface area contributed by atoms with Gasteiger partial charge in [0, 0.05) is 31.1 Å². The molecule has 7 nitrogen and oxygen atoms in total. The van der Waals surface area contributed by atoms with Crippen LogP contribution in [0.4, 0.5) is 0 Å². The van der Waals surface area contributed by atoms with Crippen molar-refractivity contribution in [2.24, 2.45) is 17.8 Å². The quantitative estimate of drug-likeness (QED) is 0.142. The molecule has 206 valence electrons. The number of allylic oxidation sites excluding steroid dienone is 2. The third-order valence-corrected chi connectivity index (χ3v) is 6.99. The molecule has 0 saturated heterocycles. The van der Waals surface area contributed by atoms with Gasteiger partial charge in [-0.3, -0.25) is 9.59 Å². The van der Waals surface area contributed by atoms with Gasteiger partial charge in [-0.2, -0.15) is 0 Å². The fraction of sp³-hybridized carbons (Fsp3) is 0.600. The minimum absolute atomic E-state index is 0.215. The molecule has 2 rings (SSSR count). The average Bonchev–Trinajstić information content (AvgIpc) is 3.18. The second-order valence-corrected chi connectivity index (χ2v) is 9.95. The van der Waals surface area contributed by atoms with Gasteiger partial charge in [-0.1, -0.05) is 61.6 Å². The summed E-state index contributed by atoms with van der Waals surface area (Å²) in [6, 6.07) is 9.92. The van der Waals surface area contributed by atoms with Crippen molar-refractivity contribution in [2.45, 2.75) is 83.0 Å². The Kier molecular flexibility index (Phi) is 14.4. The van der Waals surface area contributed by atoms with Crippen molar-refractivity contribution in [3.63, 3.8) is 0 Å². The molecule has 0 unspecified atom stereocenters. The van der Waals surface area contributed by atoms with E-state index in [4.69, 9.17) is 4.74 Å². The van der Waals surface area contributed by atoms with Gasteiger partial charge >= 0.3 is 5.97 Å². The van der Waals surface area contributed by atoms with Gasteiger partial charge in [0.05, 0.1) is 25.4 Å². The fourth-order valence-electron chi connectivity index (χ4n) is 4.77. The number of aliphatic hydroxyl groups excluding tert-OH is 4. The SMILES string of the molecule is CCCC(=O)CCC/C=C\C[C@@H]1[C@@H](/C=C/[C@@H](O)CCc2ccccc2)[C@H](O)C[C@@H]1OC(=O)C(CO)CO. The summed E-state index contributed by atoms with van der Waals surface area (Å²) < 4.78 is 5.62. The highest BCUT2D eigenvalue weighted by atomic mass is 16.5. The van der Waals surface area contributed by atoms with Crippen molar-refractivity contribution >= 4 is 11.8 Å². The van der Waals surface area contributed by atoms with Crippen LogP contribution in [-0.2, 0) is 20.7 Å². The molecule has 0 amide bonds. The van der Waals surface area contributed by atoms with E-state index in [1.165, 1.54) is 0 Å². The van der Waals surface area contributed by atoms with Gasteiger partial charge in [-0.05, 0) is 44.1 Å². The van der Waals surface area contributed by atoms with Crippen LogP contribution < -0.4 is 0 Å². The number of hydrogen-bond acceptors (Lipinski definition) is 7. The smallest absolute Gasteiger partial charge is 0.313 e. The van der Waals surface area contributed by atoms with Gasteiger partial charge in [0.15, 0.2) is 0 Å². The summed E-state index contributed by atoms with van der Waals surface area (Å²) in [5.41, 5.74) is 1.14. The van der Waals surface area contributed by atoms with E-state index in [9.17, 15) is 30.0 Å². The normalized spacial score (nSPS) is 22.8. The molecule has 0 aromatic heterocycles. The molecule has 1 fully saturated rings. The van der Waals surface area contributed by atoms with Crippen LogP contribution in [0.25, 0.3) is 0 Å². The minimum Gasteiger partial charge on any atom is -0.462 e. The topological polar surface area (TPSA) is 124 Å². The van der Waals surface area contributed by atoms with Crippen LogP contribution in [0.3, 0.4) is 0 Å². The third-order valence-electron chi connectivity index (χ3n) is 6.99. The Balaban J connectivity index is 2.01. The van der Waals surface area contributed by atoms with Crippen LogP contribution in [0, 0.1) is 17.8 Å². The number of aliphatic hydroxyl groups is 4. The highest BCUT2D eigenvalue weighted by molar-refractivity contribution is 5.78. The Labute approximate surface area is 220 Å². The lowest BCUT2D eigenvalue weighted by atomic mass is 9.89. The first-order valence-corrected chi connectivity index (χ1v) is 13.6. The summed E-state index contributed by atoms with van der Waals surface area (Å²) >= 11 is 0. The first kappa shape index (κ1) is 30.9. The highest BCUT2D eigenvalue weighted by Gasteiger charge is 2.43. The van der Waals surface area contributed by atoms with Crippen molar-refractivity contribution in [1.29, 1.82) is 0 Å². The van der Waals surface area contributed by atoms with E-state index < -0.39 is 43.4 Å². The van der Waals surface area contributed by atoms with Crippen molar-refractivity contribution < 1.29 is 34.8 Å². The van der Waals surface area contributed by atoms with Crippen LogP contribution in [0.1, 0.15) is 63.9 Å². The highest BCUT2D eigenvalue weighted by Crippen LogP contribution is 2.38. The molecule has 5 atom stereocenters. The number of unbranched alkanes of at least 4 members (excludes halogenated alkanes) is 1. The largest absolute Gasteiger partial charge is 0.462 e. The number of ketones is 1. The predicted molar refractivity (Wildman–Crippen MR) is 143 cm³/mol. The molecule has 1 aliphatic carbocycles. The van der Waals surface area contributed by atoms with E-state index in [0.717, 1.165) is 31.2 Å². The zero-order valence-electron chi connectivity index (χ0n) is 22.0. The minimum atomic E-state index is -1.01. The number of ether oxygens (including phenoxy) is 1. The predicted octanol–water partition coefficient (Wildman–Crippen LogP) is 3.53. The molecule has 0 heterocycles. The van der Waals surface area contributed by atoms with E-state index >= 15 is 0 Å². The van der Waals surface area contributed by atoms with E-state index in [-0.39, 0.29) is 24.0 Å². The number of esters is 1. The first-order chi connectivity index (χ1) is 17.9. The molecule has 1 saturated carbocycles. The molecule has 1 aliphatic rings. The van der Waals surface area contributed by atoms with Gasteiger partial charge < -0.3 is 25.2 Å². The van der Waals surface area contributed by atoms with E-state index in [2.05, 4.69) is 0 Å². The van der Waals surface area contributed by atoms with Crippen molar-refractivity contribution in [3.8, 4) is 0 Å². The van der Waals surface area contributed by atoms with Crippen molar-refractivity contribution in [1.82, 2.24) is 0 Å². The molecular weight excluding hydrogens is 472 g/mol. The van der Waals surface area contributed by atoms with Gasteiger partial charge in [-0.25, -0.2) is 0 Å². The number of carbonyl (C=O) groups excluding carboxylic acids is 2. The monoisotopic (exact) mass is 516 g/mol. The van der Waals surface area contributed by atoms with E-state index in [1.54, 1.807) is 6.08 Å². The van der Waals surface area contributed by atoms with E-state index in [0.29, 0.717) is 25.7 Å². The molecule has 0 spiro atoms. The maximum atomic E-state index is 12.4. The van der Waals surface area contributed by atoms with Gasteiger partial charge in [0.25, 0.3) is 0 Å². The molecule has 0 bridgehead atoms. The number of rotatable bonds is 17. The zero-order chi connectivity index (χ0) is 27.0. The summed E-state index contributed by atoms with van der Waals surface area (Å²) in [4.78, 5) is 24.1. The average molecular weight is 517 g/mol. The zero-order valence-corrected chi connectivity index (χ0v) is 22.0. The van der Waals surface area contributed by atoms with Crippen LogP contribution in [0.2, 0.25) is 0 Å². The Morgan fingerprint density at radius 3 is 2.51 bits per heavy atom. The summed E-state index contributed by atoms with van der Waals surface area (Å²) in [6.45, 7) is 0.971. The number of hydrogen-bond donors (Lipinski definition) is 4. The summed E-state index contributed by atoms with van der Waals surface area (Å²) in [6.07, 6.45) is 11.2. The second kappa shape index (κ2) is 17.2. The molecule has 1 aromatic rings. The van der Waals surface area contributed by atoms with Crippen LogP contribution in [0.5, 0.6) is 0 Å². The first-order valence-electron chi connectivity index (χ1n) is 13.6. The number of benzene rings is 1. The van der Waals surface area contributed by atoms with Crippen LogP contribution in [0.15, 0.2) is 54.6 Å². The standard InChI is InChI=1S/C30H44O7/c1-2-10-24(33)13-8-3-4-9-14-27-26(18-17-25(34)16-15-22-11-6-5-7-12-22)28(35)19-29(27)37-30(36)23(20-31)21-32/h4-7,9,11-12,17-18,23,25-29,31-32,34-35H,2-3,8,10,13-16,19-21H2,1H3/b9-4-,18-17+/t25-,26+,27+,28+,29-/m0/s1. The van der Waals surface area contributed by atoms with Gasteiger partial charge in [0.1, 0.15) is 17.8 Å². The molecule has 0 radical (unpaired) electrons. The van der Waals surface area contributed by atoms with Crippen LogP contribution >= 0.6 is 0 Å². The Hall–Kier alpha value is -2.32. The third kappa shape index (κ3) is 10.9. The molecule has 1 aromatic carbocycles. The molecule has 37 heavy (non-hydrogen) atoms. The number of aryl methyl sites for hydroxylation is 1. The molecule has 0 aliphatic heterocycles. The number of carbonyl (C=O) groups is 2. The van der Waals surface area contributed by atoms with Crippen LogP contribution in [-0.4, -0.2) is 63.7 Å². The lowest BCUT2D eigenvalue weighted by Gasteiger charge is -2.24. The summed E-state index contributed by atoms with van der Waals surface area (Å²) in [7, 11) is 0. The van der Waals surface area contributed by atoms with Gasteiger partial charge in [-0.15, -0.1) is 0 Å². The summed E-state index contributed by atoms with van der Waals surface area (Å²) in [5.74, 6) is -1.95. The fourth-order valence-corrected chi connectivity index (χ4v) is 4.77. The maximum absolute atomic E-state index is 12.4. The molecule has 4 N–H and O–H groups in total.